The minimum absolute atomic E-state index is 0.0157. The second-order valence-electron chi connectivity index (χ2n) is 8.55. The minimum atomic E-state index is -0.406. The van der Waals surface area contributed by atoms with Gasteiger partial charge in [-0.25, -0.2) is 0 Å². The summed E-state index contributed by atoms with van der Waals surface area (Å²) >= 11 is 3.62. The van der Waals surface area contributed by atoms with Crippen LogP contribution in [-0.2, 0) is 14.3 Å². The summed E-state index contributed by atoms with van der Waals surface area (Å²) in [6, 6.07) is 11.7. The van der Waals surface area contributed by atoms with Gasteiger partial charge in [0.05, 0.1) is 36.6 Å². The summed E-state index contributed by atoms with van der Waals surface area (Å²) in [5.41, 5.74) is 1.51. The second-order valence-corrected chi connectivity index (χ2v) is 9.61. The zero-order chi connectivity index (χ0) is 23.3. The Morgan fingerprint density at radius 3 is 2.48 bits per heavy atom. The molecule has 172 valence electrons. The van der Waals surface area contributed by atoms with Crippen LogP contribution >= 0.6 is 15.9 Å². The molecule has 33 heavy (non-hydrogen) atoms. The summed E-state index contributed by atoms with van der Waals surface area (Å²) in [5.74, 6) is -0.237. The van der Waals surface area contributed by atoms with E-state index in [0.717, 1.165) is 6.42 Å². The SMILES string of the molecule is COc1ccc(NC(=O)c2ccc(NC(=O)[C@@H]3[C@H]4C[C@H]5[C@H](OC(=O)[C@@H]53)[C@H]4Br)cc2)c(OC)c1. The molecule has 6 atom stereocenters. The fourth-order valence-corrected chi connectivity index (χ4v) is 6.40. The molecule has 0 unspecified atom stereocenters. The maximum absolute atomic E-state index is 13.0. The number of hydrogen-bond acceptors (Lipinski definition) is 6. The van der Waals surface area contributed by atoms with E-state index in [4.69, 9.17) is 14.2 Å². The molecular weight excluding hydrogens is 492 g/mol. The lowest BCUT2D eigenvalue weighted by Gasteiger charge is -2.27. The van der Waals surface area contributed by atoms with Crippen molar-refractivity contribution in [2.75, 3.05) is 24.9 Å². The molecular formula is C24H23BrN2O6. The maximum atomic E-state index is 13.0. The first kappa shape index (κ1) is 21.8. The number of amides is 2. The van der Waals surface area contributed by atoms with Crippen LogP contribution in [0.4, 0.5) is 11.4 Å². The van der Waals surface area contributed by atoms with Crippen LogP contribution in [-0.4, -0.2) is 42.9 Å². The molecule has 1 aliphatic heterocycles. The molecule has 3 aliphatic rings. The highest BCUT2D eigenvalue weighted by atomic mass is 79.9. The lowest BCUT2D eigenvalue weighted by molar-refractivity contribution is -0.145. The number of methoxy groups -OCH3 is 2. The van der Waals surface area contributed by atoms with Crippen LogP contribution in [0.25, 0.3) is 0 Å². The highest BCUT2D eigenvalue weighted by molar-refractivity contribution is 9.09. The first-order valence-corrected chi connectivity index (χ1v) is 11.6. The Morgan fingerprint density at radius 2 is 1.79 bits per heavy atom. The van der Waals surface area contributed by atoms with Crippen LogP contribution in [0.5, 0.6) is 11.5 Å². The number of esters is 1. The predicted octanol–water partition coefficient (Wildman–Crippen LogP) is 3.47. The standard InChI is InChI=1S/C24H23BrN2O6/c1-31-13-7-8-16(17(9-13)32-2)27-22(28)11-3-5-12(6-4-11)26-23(29)18-14-10-15-19(18)24(30)33-21(15)20(14)25/h3-9,14-15,18-21H,10H2,1-2H3,(H,26,29)(H,27,28)/t14-,15-,18-,19+,20+,21+/m1/s1. The number of benzene rings is 2. The Hall–Kier alpha value is -3.07. The third-order valence-corrected chi connectivity index (χ3v) is 8.10. The van der Waals surface area contributed by atoms with Gasteiger partial charge in [-0.05, 0) is 48.7 Å². The molecule has 8 nitrogen and oxygen atoms in total. The largest absolute Gasteiger partial charge is 0.497 e. The molecule has 3 fully saturated rings. The van der Waals surface area contributed by atoms with Crippen LogP contribution in [0.1, 0.15) is 16.8 Å². The van der Waals surface area contributed by atoms with Gasteiger partial charge in [0, 0.05) is 23.2 Å². The predicted molar refractivity (Wildman–Crippen MR) is 124 cm³/mol. The monoisotopic (exact) mass is 514 g/mol. The van der Waals surface area contributed by atoms with E-state index >= 15 is 0 Å². The number of hydrogen-bond donors (Lipinski definition) is 2. The molecule has 0 spiro atoms. The molecule has 5 rings (SSSR count). The van der Waals surface area contributed by atoms with E-state index in [-0.39, 0.29) is 46.5 Å². The molecule has 0 aromatic heterocycles. The molecule has 9 heteroatoms. The van der Waals surface area contributed by atoms with Gasteiger partial charge in [-0.1, -0.05) is 15.9 Å². The Labute approximate surface area is 199 Å². The maximum Gasteiger partial charge on any atom is 0.310 e. The molecule has 1 heterocycles. The van der Waals surface area contributed by atoms with Crippen molar-refractivity contribution in [2.45, 2.75) is 17.4 Å². The first-order valence-electron chi connectivity index (χ1n) is 10.7. The summed E-state index contributed by atoms with van der Waals surface area (Å²) in [5, 5.41) is 5.72. The van der Waals surface area contributed by atoms with E-state index in [9.17, 15) is 14.4 Å². The molecule has 2 saturated carbocycles. The molecule has 2 aromatic carbocycles. The number of rotatable bonds is 6. The lowest BCUT2D eigenvalue weighted by atomic mass is 9.79. The van der Waals surface area contributed by atoms with E-state index in [1.807, 2.05) is 0 Å². The fourth-order valence-electron chi connectivity index (χ4n) is 5.36. The zero-order valence-corrected chi connectivity index (χ0v) is 19.6. The Balaban J connectivity index is 1.25. The Morgan fingerprint density at radius 1 is 1.03 bits per heavy atom. The van der Waals surface area contributed by atoms with Crippen molar-refractivity contribution in [1.82, 2.24) is 0 Å². The summed E-state index contributed by atoms with van der Waals surface area (Å²) in [6.45, 7) is 0. The van der Waals surface area contributed by atoms with Crippen LogP contribution in [0, 0.1) is 23.7 Å². The van der Waals surface area contributed by atoms with Gasteiger partial charge < -0.3 is 24.8 Å². The summed E-state index contributed by atoms with van der Waals surface area (Å²) < 4.78 is 16.0. The number of halogens is 1. The average molecular weight is 515 g/mol. The van der Waals surface area contributed by atoms with Crippen molar-refractivity contribution in [2.24, 2.45) is 23.7 Å². The average Bonchev–Trinajstić information content (AvgIpc) is 3.44. The van der Waals surface area contributed by atoms with Crippen molar-refractivity contribution >= 4 is 45.1 Å². The number of carbonyl (C=O) groups is 3. The van der Waals surface area contributed by atoms with Gasteiger partial charge in [0.25, 0.3) is 5.91 Å². The van der Waals surface area contributed by atoms with E-state index in [1.54, 1.807) is 49.6 Å². The third kappa shape index (κ3) is 3.64. The minimum Gasteiger partial charge on any atom is -0.497 e. The summed E-state index contributed by atoms with van der Waals surface area (Å²) in [7, 11) is 3.07. The number of anilines is 2. The molecule has 2 amide bonds. The first-order chi connectivity index (χ1) is 15.9. The van der Waals surface area contributed by atoms with Crippen LogP contribution in [0.3, 0.4) is 0 Å². The number of fused-ring (bicyclic) bond motifs is 1. The van der Waals surface area contributed by atoms with E-state index in [2.05, 4.69) is 26.6 Å². The van der Waals surface area contributed by atoms with Crippen molar-refractivity contribution in [3.05, 3.63) is 48.0 Å². The van der Waals surface area contributed by atoms with Gasteiger partial charge in [-0.3, -0.25) is 14.4 Å². The highest BCUT2D eigenvalue weighted by Gasteiger charge is 2.67. The Kier molecular flexibility index (Phi) is 5.52. The molecule has 1 saturated heterocycles. The number of carbonyl (C=O) groups excluding carboxylic acids is 3. The van der Waals surface area contributed by atoms with Crippen LogP contribution in [0.15, 0.2) is 42.5 Å². The van der Waals surface area contributed by atoms with Crippen molar-refractivity contribution in [1.29, 1.82) is 0 Å². The highest BCUT2D eigenvalue weighted by Crippen LogP contribution is 2.60. The number of alkyl halides is 1. The van der Waals surface area contributed by atoms with Gasteiger partial charge in [-0.2, -0.15) is 0 Å². The lowest BCUT2D eigenvalue weighted by Crippen LogP contribution is -2.40. The van der Waals surface area contributed by atoms with E-state index in [0.29, 0.717) is 28.4 Å². The smallest absolute Gasteiger partial charge is 0.310 e. The normalized spacial score (nSPS) is 28.9. The van der Waals surface area contributed by atoms with E-state index < -0.39 is 5.92 Å². The van der Waals surface area contributed by atoms with Gasteiger partial charge in [0.1, 0.15) is 17.6 Å². The van der Waals surface area contributed by atoms with Crippen molar-refractivity contribution < 1.29 is 28.6 Å². The third-order valence-electron chi connectivity index (χ3n) is 6.90. The van der Waals surface area contributed by atoms with Crippen molar-refractivity contribution in [3.8, 4) is 11.5 Å². The molecule has 2 bridgehead atoms. The van der Waals surface area contributed by atoms with Crippen LogP contribution in [0.2, 0.25) is 0 Å². The van der Waals surface area contributed by atoms with Gasteiger partial charge in [-0.15, -0.1) is 0 Å². The Bertz CT molecular complexity index is 1120. The fraction of sp³-hybridized carbons (Fsp3) is 0.375. The van der Waals surface area contributed by atoms with Gasteiger partial charge in [0.15, 0.2) is 0 Å². The topological polar surface area (TPSA) is 103 Å². The molecule has 2 aromatic rings. The van der Waals surface area contributed by atoms with Gasteiger partial charge in [0.2, 0.25) is 5.91 Å². The van der Waals surface area contributed by atoms with Crippen molar-refractivity contribution in [3.63, 3.8) is 0 Å². The summed E-state index contributed by atoms with van der Waals surface area (Å²) in [4.78, 5) is 38.0. The van der Waals surface area contributed by atoms with Crippen LogP contribution < -0.4 is 20.1 Å². The number of ether oxygens (including phenoxy) is 3. The molecule has 0 radical (unpaired) electrons. The summed E-state index contributed by atoms with van der Waals surface area (Å²) in [6.07, 6.45) is 0.710. The van der Waals surface area contributed by atoms with Gasteiger partial charge >= 0.3 is 5.97 Å². The second kappa shape index (κ2) is 8.37. The molecule has 2 aliphatic carbocycles. The zero-order valence-electron chi connectivity index (χ0n) is 18.0. The number of nitrogens with one attached hydrogen (secondary N) is 2. The quantitative estimate of drug-likeness (QED) is 0.451. The molecule has 2 N–H and O–H groups in total. The van der Waals surface area contributed by atoms with E-state index in [1.165, 1.54) is 7.11 Å².